The highest BCUT2D eigenvalue weighted by atomic mass is 35.5. The van der Waals surface area contributed by atoms with Crippen molar-refractivity contribution < 1.29 is 22.7 Å². The van der Waals surface area contributed by atoms with E-state index in [0.29, 0.717) is 15.7 Å². The van der Waals surface area contributed by atoms with Crippen LogP contribution in [-0.2, 0) is 19.6 Å². The predicted octanol–water partition coefficient (Wildman–Crippen LogP) is 5.04. The molecular formula is C20H16Cl2N2O5S2. The Labute approximate surface area is 193 Å². The lowest BCUT2D eigenvalue weighted by molar-refractivity contribution is -0.123. The maximum absolute atomic E-state index is 12.3. The number of ether oxygens (including phenoxy) is 1. The minimum absolute atomic E-state index is 0.157. The number of amides is 1. The number of hydrogen-bond donors (Lipinski definition) is 2. The fourth-order valence-corrected chi connectivity index (χ4v) is 5.03. The topological polar surface area (TPSA) is 102 Å². The van der Waals surface area contributed by atoms with Gasteiger partial charge in [0.2, 0.25) is 0 Å². The molecule has 1 unspecified atom stereocenters. The summed E-state index contributed by atoms with van der Waals surface area (Å²) in [6.07, 6.45) is -1.10. The number of carbonyl (C=O) groups excluding carboxylic acids is 2. The fraction of sp³-hybridized carbons (Fsp3) is 0.100. The summed E-state index contributed by atoms with van der Waals surface area (Å²) >= 11 is 12.9. The SMILES string of the molecule is CC(OC(=O)c1ccc(NS(=O)(=O)c2cccs2)cc1)C(=O)Nc1cc(Cl)cc(Cl)c1. The molecule has 7 nitrogen and oxygen atoms in total. The summed E-state index contributed by atoms with van der Waals surface area (Å²) in [6, 6.07) is 13.3. The molecule has 31 heavy (non-hydrogen) atoms. The van der Waals surface area contributed by atoms with Crippen molar-refractivity contribution in [2.75, 3.05) is 10.0 Å². The second kappa shape index (κ2) is 9.69. The molecule has 2 aromatic carbocycles. The molecule has 1 aromatic heterocycles. The molecule has 0 aliphatic heterocycles. The molecule has 0 aliphatic carbocycles. The van der Waals surface area contributed by atoms with Crippen LogP contribution in [0.3, 0.4) is 0 Å². The normalized spacial score (nSPS) is 12.1. The van der Waals surface area contributed by atoms with Crippen LogP contribution in [0, 0.1) is 0 Å². The monoisotopic (exact) mass is 498 g/mol. The number of hydrogen-bond acceptors (Lipinski definition) is 6. The maximum Gasteiger partial charge on any atom is 0.338 e. The first-order valence-electron chi connectivity index (χ1n) is 8.78. The molecule has 0 aliphatic rings. The second-order valence-electron chi connectivity index (χ2n) is 6.31. The van der Waals surface area contributed by atoms with Gasteiger partial charge in [0.15, 0.2) is 6.10 Å². The van der Waals surface area contributed by atoms with Crippen LogP contribution in [0.15, 0.2) is 64.2 Å². The van der Waals surface area contributed by atoms with Crippen LogP contribution in [0.4, 0.5) is 11.4 Å². The van der Waals surface area contributed by atoms with Crippen molar-refractivity contribution >= 4 is 67.8 Å². The third-order valence-corrected chi connectivity index (χ3v) is 7.13. The summed E-state index contributed by atoms with van der Waals surface area (Å²) in [5.74, 6) is -1.30. The number of nitrogens with one attached hydrogen (secondary N) is 2. The van der Waals surface area contributed by atoms with Gasteiger partial charge in [-0.25, -0.2) is 13.2 Å². The van der Waals surface area contributed by atoms with Crippen LogP contribution in [0.5, 0.6) is 0 Å². The van der Waals surface area contributed by atoms with E-state index in [2.05, 4.69) is 10.0 Å². The van der Waals surface area contributed by atoms with Crippen molar-refractivity contribution in [3.8, 4) is 0 Å². The minimum Gasteiger partial charge on any atom is -0.449 e. The molecule has 0 spiro atoms. The van der Waals surface area contributed by atoms with Crippen molar-refractivity contribution in [3.63, 3.8) is 0 Å². The Morgan fingerprint density at radius 2 is 1.65 bits per heavy atom. The zero-order valence-electron chi connectivity index (χ0n) is 16.0. The average Bonchev–Trinajstić information content (AvgIpc) is 3.23. The Hall–Kier alpha value is -2.59. The molecule has 0 bridgehead atoms. The standard InChI is InChI=1S/C20H16Cl2N2O5S2/c1-12(19(25)23-17-10-14(21)9-15(22)11-17)29-20(26)13-4-6-16(7-5-13)24-31(27,28)18-3-2-8-30-18/h2-12,24H,1H3,(H,23,25). The van der Waals surface area contributed by atoms with Gasteiger partial charge in [-0.05, 0) is 60.8 Å². The van der Waals surface area contributed by atoms with Gasteiger partial charge < -0.3 is 10.1 Å². The Morgan fingerprint density at radius 1 is 1.00 bits per heavy atom. The zero-order chi connectivity index (χ0) is 22.6. The van der Waals surface area contributed by atoms with Crippen LogP contribution in [0.25, 0.3) is 0 Å². The summed E-state index contributed by atoms with van der Waals surface area (Å²) in [7, 11) is -3.69. The molecule has 0 saturated carbocycles. The van der Waals surface area contributed by atoms with Crippen LogP contribution in [-0.4, -0.2) is 26.4 Å². The van der Waals surface area contributed by atoms with E-state index in [1.807, 2.05) is 0 Å². The number of esters is 1. The Bertz CT molecular complexity index is 1180. The summed E-state index contributed by atoms with van der Waals surface area (Å²) in [5, 5.41) is 4.92. The first-order chi connectivity index (χ1) is 14.6. The van der Waals surface area contributed by atoms with Crippen molar-refractivity contribution in [2.45, 2.75) is 17.2 Å². The predicted molar refractivity (Wildman–Crippen MR) is 122 cm³/mol. The zero-order valence-corrected chi connectivity index (χ0v) is 19.1. The lowest BCUT2D eigenvalue weighted by atomic mass is 10.2. The maximum atomic E-state index is 12.3. The van der Waals surface area contributed by atoms with Crippen molar-refractivity contribution in [3.05, 3.63) is 75.6 Å². The van der Waals surface area contributed by atoms with Gasteiger partial charge >= 0.3 is 5.97 Å². The summed E-state index contributed by atoms with van der Waals surface area (Å²) < 4.78 is 32.3. The number of anilines is 2. The lowest BCUT2D eigenvalue weighted by Gasteiger charge is -2.14. The molecule has 3 aromatic rings. The second-order valence-corrected chi connectivity index (χ2v) is 10.0. The van der Waals surface area contributed by atoms with E-state index in [4.69, 9.17) is 27.9 Å². The number of rotatable bonds is 7. The summed E-state index contributed by atoms with van der Waals surface area (Å²) in [5.41, 5.74) is 0.811. The molecule has 162 valence electrons. The van der Waals surface area contributed by atoms with E-state index in [9.17, 15) is 18.0 Å². The largest absolute Gasteiger partial charge is 0.449 e. The van der Waals surface area contributed by atoms with Gasteiger partial charge in [0.25, 0.3) is 15.9 Å². The van der Waals surface area contributed by atoms with E-state index in [1.165, 1.54) is 55.5 Å². The highest BCUT2D eigenvalue weighted by Crippen LogP contribution is 2.23. The molecule has 0 radical (unpaired) electrons. The average molecular weight is 499 g/mol. The molecule has 11 heteroatoms. The van der Waals surface area contributed by atoms with Crippen LogP contribution < -0.4 is 10.0 Å². The minimum atomic E-state index is -3.69. The lowest BCUT2D eigenvalue weighted by Crippen LogP contribution is -2.30. The van der Waals surface area contributed by atoms with E-state index >= 15 is 0 Å². The van der Waals surface area contributed by atoms with E-state index < -0.39 is 28.0 Å². The van der Waals surface area contributed by atoms with Crippen molar-refractivity contribution in [1.29, 1.82) is 0 Å². The number of benzene rings is 2. The molecule has 0 saturated heterocycles. The van der Waals surface area contributed by atoms with Crippen LogP contribution in [0.2, 0.25) is 10.0 Å². The summed E-state index contributed by atoms with van der Waals surface area (Å²) in [6.45, 7) is 1.42. The molecular weight excluding hydrogens is 483 g/mol. The Balaban J connectivity index is 1.60. The quantitative estimate of drug-likeness (QED) is 0.444. The number of halogens is 2. The van der Waals surface area contributed by atoms with Gasteiger partial charge in [-0.1, -0.05) is 29.3 Å². The molecule has 1 atom stereocenters. The molecule has 1 amide bonds. The molecule has 0 fully saturated rings. The van der Waals surface area contributed by atoms with E-state index in [-0.39, 0.29) is 15.5 Å². The summed E-state index contributed by atoms with van der Waals surface area (Å²) in [4.78, 5) is 24.6. The van der Waals surface area contributed by atoms with Crippen LogP contribution in [0.1, 0.15) is 17.3 Å². The van der Waals surface area contributed by atoms with Gasteiger partial charge in [0, 0.05) is 21.4 Å². The van der Waals surface area contributed by atoms with Crippen LogP contribution >= 0.6 is 34.5 Å². The van der Waals surface area contributed by atoms with Gasteiger partial charge in [-0.3, -0.25) is 9.52 Å². The smallest absolute Gasteiger partial charge is 0.338 e. The number of thiophene rings is 1. The number of sulfonamides is 1. The third kappa shape index (κ3) is 6.20. The first-order valence-corrected chi connectivity index (χ1v) is 11.9. The van der Waals surface area contributed by atoms with Crippen molar-refractivity contribution in [2.24, 2.45) is 0 Å². The fourth-order valence-electron chi connectivity index (χ4n) is 2.45. The Morgan fingerprint density at radius 3 is 2.23 bits per heavy atom. The van der Waals surface area contributed by atoms with Crippen molar-refractivity contribution in [1.82, 2.24) is 0 Å². The van der Waals surface area contributed by atoms with E-state index in [1.54, 1.807) is 11.4 Å². The Kier molecular flexibility index (Phi) is 7.22. The van der Waals surface area contributed by atoms with Gasteiger partial charge in [-0.2, -0.15) is 0 Å². The van der Waals surface area contributed by atoms with Gasteiger partial charge in [0.1, 0.15) is 4.21 Å². The highest BCUT2D eigenvalue weighted by Gasteiger charge is 2.20. The van der Waals surface area contributed by atoms with E-state index in [0.717, 1.165) is 11.3 Å². The van der Waals surface area contributed by atoms with Gasteiger partial charge in [-0.15, -0.1) is 11.3 Å². The van der Waals surface area contributed by atoms with Gasteiger partial charge in [0.05, 0.1) is 5.56 Å². The third-order valence-electron chi connectivity index (χ3n) is 3.92. The molecule has 1 heterocycles. The highest BCUT2D eigenvalue weighted by molar-refractivity contribution is 7.94. The number of carbonyl (C=O) groups is 2. The molecule has 2 N–H and O–H groups in total. The first kappa shape index (κ1) is 23.1. The molecule has 3 rings (SSSR count).